The van der Waals surface area contributed by atoms with E-state index in [1.807, 2.05) is 12.1 Å². The first-order valence-electron chi connectivity index (χ1n) is 4.36. The van der Waals surface area contributed by atoms with Crippen LogP contribution in [0.5, 0.6) is 0 Å². The van der Waals surface area contributed by atoms with Gasteiger partial charge in [-0.2, -0.15) is 4.73 Å². The average Bonchev–Trinajstić information content (AvgIpc) is 2.03. The number of nitrogens with zero attached hydrogens (tertiary/aromatic N) is 1. The van der Waals surface area contributed by atoms with E-state index in [1.165, 1.54) is 12.0 Å². The Kier molecular flexibility index (Phi) is 3.09. The second-order valence-corrected chi connectivity index (χ2v) is 3.50. The molecule has 1 rings (SSSR count). The summed E-state index contributed by atoms with van der Waals surface area (Å²) in [7, 11) is 0. The lowest BCUT2D eigenvalue weighted by Crippen LogP contribution is -2.23. The molecule has 2 heteroatoms. The SMILES string of the molecule is CC(C)CCc1cc[n+]([O-])cc1. The summed E-state index contributed by atoms with van der Waals surface area (Å²) in [5, 5.41) is 10.7. The van der Waals surface area contributed by atoms with Gasteiger partial charge in [0.15, 0.2) is 12.4 Å². The van der Waals surface area contributed by atoms with E-state index >= 15 is 0 Å². The zero-order chi connectivity index (χ0) is 8.97. The van der Waals surface area contributed by atoms with Gasteiger partial charge in [-0.05, 0) is 24.3 Å². The highest BCUT2D eigenvalue weighted by atomic mass is 16.5. The Balaban J connectivity index is 2.48. The molecule has 0 amide bonds. The summed E-state index contributed by atoms with van der Waals surface area (Å²) in [6, 6.07) is 3.77. The van der Waals surface area contributed by atoms with Crippen LogP contribution in [0.1, 0.15) is 25.8 Å². The van der Waals surface area contributed by atoms with Gasteiger partial charge in [0.25, 0.3) is 0 Å². The first kappa shape index (κ1) is 9.04. The van der Waals surface area contributed by atoms with E-state index in [4.69, 9.17) is 0 Å². The van der Waals surface area contributed by atoms with Crippen molar-refractivity contribution in [1.29, 1.82) is 0 Å². The second kappa shape index (κ2) is 4.10. The maximum Gasteiger partial charge on any atom is 0.180 e. The molecule has 0 atom stereocenters. The van der Waals surface area contributed by atoms with Crippen LogP contribution in [0.25, 0.3) is 0 Å². The standard InChI is InChI=1S/C10H15NO/c1-9(2)3-4-10-5-7-11(12)8-6-10/h5-9H,3-4H2,1-2H3. The van der Waals surface area contributed by atoms with Crippen LogP contribution < -0.4 is 4.73 Å². The molecule has 0 bridgehead atoms. The molecular formula is C10H15NO. The van der Waals surface area contributed by atoms with Gasteiger partial charge in [0.05, 0.1) is 0 Å². The summed E-state index contributed by atoms with van der Waals surface area (Å²) >= 11 is 0. The van der Waals surface area contributed by atoms with Gasteiger partial charge >= 0.3 is 0 Å². The Morgan fingerprint density at radius 3 is 2.42 bits per heavy atom. The largest absolute Gasteiger partial charge is 0.619 e. The van der Waals surface area contributed by atoms with E-state index in [0.717, 1.165) is 17.1 Å². The molecule has 0 aromatic carbocycles. The van der Waals surface area contributed by atoms with Gasteiger partial charge in [-0.3, -0.25) is 0 Å². The Labute approximate surface area is 73.4 Å². The van der Waals surface area contributed by atoms with E-state index in [1.54, 1.807) is 12.4 Å². The maximum atomic E-state index is 10.7. The van der Waals surface area contributed by atoms with Gasteiger partial charge in [-0.1, -0.05) is 13.8 Å². The lowest BCUT2D eigenvalue weighted by molar-refractivity contribution is -0.605. The van der Waals surface area contributed by atoms with Crippen LogP contribution in [0.15, 0.2) is 24.5 Å². The smallest absolute Gasteiger partial charge is 0.180 e. The zero-order valence-electron chi connectivity index (χ0n) is 7.66. The summed E-state index contributed by atoms with van der Waals surface area (Å²) < 4.78 is 0.818. The molecule has 66 valence electrons. The minimum atomic E-state index is 0.726. The fraction of sp³-hybridized carbons (Fsp3) is 0.500. The summed E-state index contributed by atoms with van der Waals surface area (Å²) in [4.78, 5) is 0. The average molecular weight is 165 g/mol. The highest BCUT2D eigenvalue weighted by Gasteiger charge is 1.97. The fourth-order valence-electron chi connectivity index (χ4n) is 1.07. The van der Waals surface area contributed by atoms with Crippen LogP contribution >= 0.6 is 0 Å². The third-order valence-electron chi connectivity index (χ3n) is 1.88. The summed E-state index contributed by atoms with van der Waals surface area (Å²) in [5.74, 6) is 0.726. The predicted molar refractivity (Wildman–Crippen MR) is 48.6 cm³/mol. The molecule has 0 saturated heterocycles. The molecule has 0 radical (unpaired) electrons. The normalized spacial score (nSPS) is 10.6. The lowest BCUT2D eigenvalue weighted by Gasteiger charge is -2.03. The molecule has 0 aliphatic carbocycles. The topological polar surface area (TPSA) is 26.9 Å². The second-order valence-electron chi connectivity index (χ2n) is 3.50. The van der Waals surface area contributed by atoms with Crippen molar-refractivity contribution < 1.29 is 4.73 Å². The predicted octanol–water partition coefficient (Wildman–Crippen LogP) is 1.91. The molecule has 0 spiro atoms. The van der Waals surface area contributed by atoms with Gasteiger partial charge in [0, 0.05) is 12.1 Å². The molecule has 0 N–H and O–H groups in total. The van der Waals surface area contributed by atoms with Crippen molar-refractivity contribution >= 4 is 0 Å². The van der Waals surface area contributed by atoms with Gasteiger partial charge in [0.1, 0.15) is 0 Å². The highest BCUT2D eigenvalue weighted by Crippen LogP contribution is 2.06. The van der Waals surface area contributed by atoms with Crippen LogP contribution in [-0.2, 0) is 6.42 Å². The number of rotatable bonds is 3. The Hall–Kier alpha value is -1.05. The summed E-state index contributed by atoms with van der Waals surface area (Å²) in [6.07, 6.45) is 5.35. The maximum absolute atomic E-state index is 10.7. The third-order valence-corrected chi connectivity index (χ3v) is 1.88. The van der Waals surface area contributed by atoms with Crippen LogP contribution in [0, 0.1) is 11.1 Å². The van der Waals surface area contributed by atoms with Crippen LogP contribution in [0.4, 0.5) is 0 Å². The van der Waals surface area contributed by atoms with Gasteiger partial charge < -0.3 is 5.21 Å². The molecule has 0 unspecified atom stereocenters. The molecule has 12 heavy (non-hydrogen) atoms. The quantitative estimate of drug-likeness (QED) is 0.496. The lowest BCUT2D eigenvalue weighted by atomic mass is 10.0. The van der Waals surface area contributed by atoms with E-state index in [2.05, 4.69) is 13.8 Å². The zero-order valence-corrected chi connectivity index (χ0v) is 7.66. The monoisotopic (exact) mass is 165 g/mol. The Morgan fingerprint density at radius 2 is 1.92 bits per heavy atom. The fourth-order valence-corrected chi connectivity index (χ4v) is 1.07. The van der Waals surface area contributed by atoms with Crippen molar-refractivity contribution in [3.8, 4) is 0 Å². The van der Waals surface area contributed by atoms with Crippen LogP contribution in [0.2, 0.25) is 0 Å². The van der Waals surface area contributed by atoms with Crippen LogP contribution in [0.3, 0.4) is 0 Å². The van der Waals surface area contributed by atoms with E-state index in [0.29, 0.717) is 0 Å². The van der Waals surface area contributed by atoms with Gasteiger partial charge in [0.2, 0.25) is 0 Å². The molecular weight excluding hydrogens is 150 g/mol. The van der Waals surface area contributed by atoms with Crippen molar-refractivity contribution in [2.45, 2.75) is 26.7 Å². The molecule has 1 heterocycles. The van der Waals surface area contributed by atoms with E-state index < -0.39 is 0 Å². The minimum absolute atomic E-state index is 0.726. The van der Waals surface area contributed by atoms with Gasteiger partial charge in [-0.25, -0.2) is 0 Å². The number of hydrogen-bond acceptors (Lipinski definition) is 1. The number of pyridine rings is 1. The Bertz CT molecular complexity index is 228. The minimum Gasteiger partial charge on any atom is -0.619 e. The van der Waals surface area contributed by atoms with Crippen molar-refractivity contribution in [3.63, 3.8) is 0 Å². The summed E-state index contributed by atoms with van der Waals surface area (Å²) in [6.45, 7) is 4.41. The van der Waals surface area contributed by atoms with E-state index in [9.17, 15) is 5.21 Å². The molecule has 0 saturated carbocycles. The number of aromatic nitrogens is 1. The van der Waals surface area contributed by atoms with Crippen LogP contribution in [-0.4, -0.2) is 0 Å². The molecule has 0 fully saturated rings. The molecule has 1 aromatic heterocycles. The molecule has 2 nitrogen and oxygen atoms in total. The third kappa shape index (κ3) is 2.91. The summed E-state index contributed by atoms with van der Waals surface area (Å²) in [5.41, 5.74) is 1.25. The number of aryl methyl sites for hydroxylation is 1. The van der Waals surface area contributed by atoms with E-state index in [-0.39, 0.29) is 0 Å². The van der Waals surface area contributed by atoms with Gasteiger partial charge in [-0.15, -0.1) is 0 Å². The molecule has 0 aliphatic rings. The van der Waals surface area contributed by atoms with Crippen molar-refractivity contribution in [1.82, 2.24) is 0 Å². The first-order chi connectivity index (χ1) is 5.68. The van der Waals surface area contributed by atoms with Crippen molar-refractivity contribution in [2.24, 2.45) is 5.92 Å². The molecule has 0 aliphatic heterocycles. The first-order valence-corrected chi connectivity index (χ1v) is 4.36. The molecule has 1 aromatic rings. The number of hydrogen-bond donors (Lipinski definition) is 0. The Morgan fingerprint density at radius 1 is 1.33 bits per heavy atom. The van der Waals surface area contributed by atoms with Crippen molar-refractivity contribution in [3.05, 3.63) is 35.3 Å². The highest BCUT2D eigenvalue weighted by molar-refractivity contribution is 5.07. The van der Waals surface area contributed by atoms with Crippen molar-refractivity contribution in [2.75, 3.05) is 0 Å².